The third kappa shape index (κ3) is 5.07. The molecular formula is C21H26ClNO. The standard InChI is InChI=1S/C21H26ClNO/c22-20-11-9-18(10-12-20)21-8-3-2-7-19(21)17-24-16-6-15-23-13-4-1-5-14-23/h2-3,7-12H,1,4-6,13-17H2. The summed E-state index contributed by atoms with van der Waals surface area (Å²) in [7, 11) is 0. The lowest BCUT2D eigenvalue weighted by molar-refractivity contribution is 0.105. The molecule has 1 aliphatic rings. The smallest absolute Gasteiger partial charge is 0.0722 e. The summed E-state index contributed by atoms with van der Waals surface area (Å²) < 4.78 is 5.94. The van der Waals surface area contributed by atoms with Crippen molar-refractivity contribution in [3.8, 4) is 11.1 Å². The molecule has 1 saturated heterocycles. The normalized spacial score (nSPS) is 15.5. The molecule has 1 aliphatic heterocycles. The van der Waals surface area contributed by atoms with Crippen molar-refractivity contribution in [1.29, 1.82) is 0 Å². The van der Waals surface area contributed by atoms with Crippen molar-refractivity contribution < 1.29 is 4.74 Å². The van der Waals surface area contributed by atoms with Gasteiger partial charge in [0.25, 0.3) is 0 Å². The fourth-order valence-corrected chi connectivity index (χ4v) is 3.44. The minimum Gasteiger partial charge on any atom is -0.377 e. The first-order valence-corrected chi connectivity index (χ1v) is 9.35. The van der Waals surface area contributed by atoms with Gasteiger partial charge in [-0.3, -0.25) is 0 Å². The van der Waals surface area contributed by atoms with Crippen LogP contribution in [-0.2, 0) is 11.3 Å². The number of nitrogens with zero attached hydrogens (tertiary/aromatic N) is 1. The minimum absolute atomic E-state index is 0.665. The van der Waals surface area contributed by atoms with Gasteiger partial charge in [0.05, 0.1) is 6.61 Å². The molecule has 24 heavy (non-hydrogen) atoms. The van der Waals surface area contributed by atoms with E-state index in [0.29, 0.717) is 6.61 Å². The van der Waals surface area contributed by atoms with Gasteiger partial charge < -0.3 is 9.64 Å². The Kier molecular flexibility index (Phi) is 6.71. The number of rotatable bonds is 7. The zero-order valence-corrected chi connectivity index (χ0v) is 15.0. The highest BCUT2D eigenvalue weighted by molar-refractivity contribution is 6.30. The first-order valence-electron chi connectivity index (χ1n) is 8.97. The van der Waals surface area contributed by atoms with Gasteiger partial charge in [0.15, 0.2) is 0 Å². The van der Waals surface area contributed by atoms with Crippen LogP contribution in [0.5, 0.6) is 0 Å². The van der Waals surface area contributed by atoms with Gasteiger partial charge in [-0.2, -0.15) is 0 Å². The van der Waals surface area contributed by atoms with Crippen molar-refractivity contribution in [1.82, 2.24) is 4.90 Å². The third-order valence-corrected chi connectivity index (χ3v) is 4.89. The molecule has 0 radical (unpaired) electrons. The van der Waals surface area contributed by atoms with Crippen LogP contribution in [0.25, 0.3) is 11.1 Å². The summed E-state index contributed by atoms with van der Waals surface area (Å²) in [5, 5.41) is 0.769. The molecule has 2 aromatic rings. The lowest BCUT2D eigenvalue weighted by Crippen LogP contribution is -2.31. The van der Waals surface area contributed by atoms with Crippen LogP contribution >= 0.6 is 11.6 Å². The summed E-state index contributed by atoms with van der Waals surface area (Å²) in [4.78, 5) is 2.56. The van der Waals surface area contributed by atoms with Gasteiger partial charge in [-0.15, -0.1) is 0 Å². The van der Waals surface area contributed by atoms with Crippen LogP contribution in [0.2, 0.25) is 5.02 Å². The minimum atomic E-state index is 0.665. The van der Waals surface area contributed by atoms with Gasteiger partial charge >= 0.3 is 0 Å². The molecule has 1 fully saturated rings. The molecule has 2 nitrogen and oxygen atoms in total. The molecule has 0 amide bonds. The molecule has 2 aromatic carbocycles. The molecule has 3 rings (SSSR count). The van der Waals surface area contributed by atoms with Crippen molar-refractivity contribution >= 4 is 11.6 Å². The summed E-state index contributed by atoms with van der Waals surface area (Å²) in [5.74, 6) is 0. The van der Waals surface area contributed by atoms with Crippen LogP contribution in [0.3, 0.4) is 0 Å². The molecule has 0 unspecified atom stereocenters. The molecule has 0 N–H and O–H groups in total. The van der Waals surface area contributed by atoms with E-state index in [0.717, 1.165) is 18.1 Å². The second kappa shape index (κ2) is 9.22. The van der Waals surface area contributed by atoms with E-state index in [1.807, 2.05) is 12.1 Å². The number of halogens is 1. The highest BCUT2D eigenvalue weighted by Crippen LogP contribution is 2.25. The van der Waals surface area contributed by atoms with Crippen LogP contribution in [0, 0.1) is 0 Å². The quantitative estimate of drug-likeness (QED) is 0.624. The number of likely N-dealkylation sites (tertiary alicyclic amines) is 1. The van der Waals surface area contributed by atoms with E-state index in [-0.39, 0.29) is 0 Å². The van der Waals surface area contributed by atoms with E-state index < -0.39 is 0 Å². The second-order valence-electron chi connectivity index (χ2n) is 6.47. The third-order valence-electron chi connectivity index (χ3n) is 4.64. The number of piperidine rings is 1. The first-order chi connectivity index (χ1) is 11.8. The van der Waals surface area contributed by atoms with Crippen LogP contribution in [0.1, 0.15) is 31.2 Å². The Morgan fingerprint density at radius 2 is 1.67 bits per heavy atom. The molecule has 3 heteroatoms. The summed E-state index contributed by atoms with van der Waals surface area (Å²) >= 11 is 5.99. The maximum atomic E-state index is 5.99. The van der Waals surface area contributed by atoms with Gasteiger partial charge in [-0.25, -0.2) is 0 Å². The van der Waals surface area contributed by atoms with Crippen molar-refractivity contribution in [3.63, 3.8) is 0 Å². The Labute approximate surface area is 150 Å². The molecule has 0 aliphatic carbocycles. The molecular weight excluding hydrogens is 318 g/mol. The highest BCUT2D eigenvalue weighted by Gasteiger charge is 2.09. The fourth-order valence-electron chi connectivity index (χ4n) is 3.31. The second-order valence-corrected chi connectivity index (χ2v) is 6.91. The summed E-state index contributed by atoms with van der Waals surface area (Å²) in [6.07, 6.45) is 5.22. The maximum absolute atomic E-state index is 5.99. The summed E-state index contributed by atoms with van der Waals surface area (Å²) in [6.45, 7) is 5.18. The predicted molar refractivity (Wildman–Crippen MR) is 101 cm³/mol. The molecule has 0 spiro atoms. The van der Waals surface area contributed by atoms with E-state index in [9.17, 15) is 0 Å². The topological polar surface area (TPSA) is 12.5 Å². The largest absolute Gasteiger partial charge is 0.377 e. The van der Waals surface area contributed by atoms with Crippen molar-refractivity contribution in [2.45, 2.75) is 32.3 Å². The monoisotopic (exact) mass is 343 g/mol. The molecule has 1 heterocycles. The number of benzene rings is 2. The first kappa shape index (κ1) is 17.5. The Balaban J connectivity index is 1.49. The van der Waals surface area contributed by atoms with Crippen LogP contribution in [0.15, 0.2) is 48.5 Å². The number of hydrogen-bond donors (Lipinski definition) is 0. The Morgan fingerprint density at radius 3 is 2.46 bits per heavy atom. The Bertz CT molecular complexity index is 620. The Morgan fingerprint density at radius 1 is 0.917 bits per heavy atom. The summed E-state index contributed by atoms with van der Waals surface area (Å²) in [5.41, 5.74) is 3.65. The van der Waals surface area contributed by atoms with Gasteiger partial charge in [0.2, 0.25) is 0 Å². The van der Waals surface area contributed by atoms with Crippen LogP contribution < -0.4 is 0 Å². The van der Waals surface area contributed by atoms with Crippen molar-refractivity contribution in [3.05, 3.63) is 59.1 Å². The lowest BCUT2D eigenvalue weighted by atomic mass is 10.0. The number of ether oxygens (including phenoxy) is 1. The van der Waals surface area contributed by atoms with E-state index in [4.69, 9.17) is 16.3 Å². The van der Waals surface area contributed by atoms with Gasteiger partial charge in [0, 0.05) is 18.2 Å². The van der Waals surface area contributed by atoms with E-state index in [1.54, 1.807) is 0 Å². The molecule has 0 aromatic heterocycles. The Hall–Kier alpha value is -1.35. The summed E-state index contributed by atoms with van der Waals surface area (Å²) in [6, 6.07) is 16.5. The van der Waals surface area contributed by atoms with Crippen molar-refractivity contribution in [2.24, 2.45) is 0 Å². The average Bonchev–Trinajstić information content (AvgIpc) is 2.63. The highest BCUT2D eigenvalue weighted by atomic mass is 35.5. The molecule has 128 valence electrons. The molecule has 0 saturated carbocycles. The fraction of sp³-hybridized carbons (Fsp3) is 0.429. The zero-order valence-electron chi connectivity index (χ0n) is 14.2. The SMILES string of the molecule is Clc1ccc(-c2ccccc2COCCCN2CCCCC2)cc1. The zero-order chi connectivity index (χ0) is 16.6. The van der Waals surface area contributed by atoms with Crippen molar-refractivity contribution in [2.75, 3.05) is 26.2 Å². The average molecular weight is 344 g/mol. The maximum Gasteiger partial charge on any atom is 0.0722 e. The van der Waals surface area contributed by atoms with Crippen LogP contribution in [0.4, 0.5) is 0 Å². The predicted octanol–water partition coefficient (Wildman–Crippen LogP) is 5.40. The van der Waals surface area contributed by atoms with Gasteiger partial charge in [0.1, 0.15) is 0 Å². The van der Waals surface area contributed by atoms with Gasteiger partial charge in [-0.05, 0) is 61.2 Å². The van der Waals surface area contributed by atoms with E-state index in [2.05, 4.69) is 41.3 Å². The molecule has 0 atom stereocenters. The van der Waals surface area contributed by atoms with Crippen LogP contribution in [-0.4, -0.2) is 31.1 Å². The molecule has 0 bridgehead atoms. The number of hydrogen-bond acceptors (Lipinski definition) is 2. The van der Waals surface area contributed by atoms with E-state index in [1.165, 1.54) is 55.6 Å². The van der Waals surface area contributed by atoms with Gasteiger partial charge in [-0.1, -0.05) is 54.4 Å². The lowest BCUT2D eigenvalue weighted by Gasteiger charge is -2.26. The van der Waals surface area contributed by atoms with E-state index >= 15 is 0 Å².